The van der Waals surface area contributed by atoms with Gasteiger partial charge in [0.15, 0.2) is 0 Å². The van der Waals surface area contributed by atoms with Crippen molar-refractivity contribution in [3.63, 3.8) is 0 Å². The van der Waals surface area contributed by atoms with Crippen LogP contribution in [0.4, 0.5) is 0 Å². The minimum Gasteiger partial charge on any atom is -0.430 e. The van der Waals surface area contributed by atoms with Crippen LogP contribution in [0.1, 0.15) is 12.0 Å². The Kier molecular flexibility index (Phi) is 4.94. The van der Waals surface area contributed by atoms with Gasteiger partial charge in [0, 0.05) is 6.42 Å². The fraction of sp³-hybridized carbons (Fsp3) is 0.273. The summed E-state index contributed by atoms with van der Waals surface area (Å²) >= 11 is 0. The molecule has 0 aliphatic rings. The van der Waals surface area contributed by atoms with Crippen LogP contribution < -0.4 is 0 Å². The molecule has 0 aromatic heterocycles. The van der Waals surface area contributed by atoms with Crippen molar-refractivity contribution in [2.45, 2.75) is 12.8 Å². The number of aryl methyl sites for hydroxylation is 1. The molecule has 0 saturated carbocycles. The second-order valence-corrected chi connectivity index (χ2v) is 2.88. The summed E-state index contributed by atoms with van der Waals surface area (Å²) < 4.78 is 8.84. The first-order valence-corrected chi connectivity index (χ1v) is 4.57. The van der Waals surface area contributed by atoms with E-state index in [9.17, 15) is 9.59 Å². The summed E-state index contributed by atoms with van der Waals surface area (Å²) in [6, 6.07) is 9.62. The molecule has 1 aromatic rings. The number of ether oxygens (including phenoxy) is 2. The third kappa shape index (κ3) is 4.81. The molecule has 0 spiro atoms. The van der Waals surface area contributed by atoms with Gasteiger partial charge in [-0.2, -0.15) is 0 Å². The Balaban J connectivity index is 2.20. The van der Waals surface area contributed by atoms with Gasteiger partial charge in [-0.3, -0.25) is 9.59 Å². The molecule has 0 fully saturated rings. The largest absolute Gasteiger partial charge is 0.430 e. The second-order valence-electron chi connectivity index (χ2n) is 2.88. The van der Waals surface area contributed by atoms with Crippen molar-refractivity contribution in [3.05, 3.63) is 35.9 Å². The van der Waals surface area contributed by atoms with Gasteiger partial charge in [0.2, 0.25) is 6.79 Å². The molecule has 0 amide bonds. The zero-order valence-electron chi connectivity index (χ0n) is 8.22. The van der Waals surface area contributed by atoms with Crippen molar-refractivity contribution in [3.8, 4) is 0 Å². The van der Waals surface area contributed by atoms with Crippen LogP contribution in [0.5, 0.6) is 0 Å². The van der Waals surface area contributed by atoms with Crippen molar-refractivity contribution in [2.75, 3.05) is 6.79 Å². The van der Waals surface area contributed by atoms with Crippen LogP contribution in [-0.2, 0) is 25.5 Å². The Bertz CT molecular complexity index is 308. The lowest BCUT2D eigenvalue weighted by atomic mass is 10.1. The normalized spacial score (nSPS) is 9.33. The van der Waals surface area contributed by atoms with Gasteiger partial charge in [-0.25, -0.2) is 0 Å². The number of esters is 1. The third-order valence-corrected chi connectivity index (χ3v) is 1.82. The molecule has 1 aromatic carbocycles. The summed E-state index contributed by atoms with van der Waals surface area (Å²) in [7, 11) is 0. The van der Waals surface area contributed by atoms with Crippen LogP contribution in [0.25, 0.3) is 0 Å². The highest BCUT2D eigenvalue weighted by Crippen LogP contribution is 2.02. The summed E-state index contributed by atoms with van der Waals surface area (Å²) in [6.07, 6.45) is 0.910. The molecule has 0 bridgehead atoms. The highest BCUT2D eigenvalue weighted by Gasteiger charge is 2.02. The van der Waals surface area contributed by atoms with Gasteiger partial charge in [-0.05, 0) is 12.0 Å². The smallest absolute Gasteiger partial charge is 0.308 e. The van der Waals surface area contributed by atoms with Gasteiger partial charge in [0.1, 0.15) is 0 Å². The molecule has 0 aliphatic heterocycles. The second kappa shape index (κ2) is 6.59. The van der Waals surface area contributed by atoms with E-state index in [0.717, 1.165) is 5.56 Å². The maximum atomic E-state index is 11.1. The van der Waals surface area contributed by atoms with E-state index in [1.54, 1.807) is 0 Å². The standard InChI is InChI=1S/C11H12O4/c12-8-14-9-15-11(13)7-6-10-4-2-1-3-5-10/h1-5,8H,6-7,9H2. The molecule has 0 saturated heterocycles. The van der Waals surface area contributed by atoms with E-state index in [1.165, 1.54) is 0 Å². The number of rotatable bonds is 6. The Hall–Kier alpha value is -1.84. The summed E-state index contributed by atoms with van der Waals surface area (Å²) in [5.41, 5.74) is 1.07. The zero-order chi connectivity index (χ0) is 10.9. The molecule has 0 heterocycles. The zero-order valence-corrected chi connectivity index (χ0v) is 8.22. The average Bonchev–Trinajstić information content (AvgIpc) is 2.28. The predicted octanol–water partition coefficient (Wildman–Crippen LogP) is 1.29. The molecule has 15 heavy (non-hydrogen) atoms. The van der Waals surface area contributed by atoms with E-state index >= 15 is 0 Å². The van der Waals surface area contributed by atoms with Crippen molar-refractivity contribution in [1.29, 1.82) is 0 Å². The van der Waals surface area contributed by atoms with E-state index in [-0.39, 0.29) is 25.7 Å². The lowest BCUT2D eigenvalue weighted by Crippen LogP contribution is -2.08. The molecule has 0 atom stereocenters. The Labute approximate surface area is 87.8 Å². The van der Waals surface area contributed by atoms with Gasteiger partial charge in [-0.1, -0.05) is 30.3 Å². The van der Waals surface area contributed by atoms with Crippen molar-refractivity contribution in [1.82, 2.24) is 0 Å². The van der Waals surface area contributed by atoms with E-state index < -0.39 is 0 Å². The summed E-state index contributed by atoms with van der Waals surface area (Å²) in [5, 5.41) is 0. The fourth-order valence-corrected chi connectivity index (χ4v) is 1.09. The molecular weight excluding hydrogens is 196 g/mol. The van der Waals surface area contributed by atoms with Crippen LogP contribution in [0.3, 0.4) is 0 Å². The van der Waals surface area contributed by atoms with Crippen LogP contribution >= 0.6 is 0 Å². The number of hydrogen-bond donors (Lipinski definition) is 0. The third-order valence-electron chi connectivity index (χ3n) is 1.82. The minimum absolute atomic E-state index is 0.241. The highest BCUT2D eigenvalue weighted by atomic mass is 16.7. The molecule has 80 valence electrons. The molecule has 4 heteroatoms. The summed E-state index contributed by atoms with van der Waals surface area (Å²) in [5.74, 6) is -0.374. The average molecular weight is 208 g/mol. The molecular formula is C11H12O4. The molecule has 0 aliphatic carbocycles. The quantitative estimate of drug-likeness (QED) is 0.306. The lowest BCUT2D eigenvalue weighted by molar-refractivity contribution is -0.159. The number of carbonyl (C=O) groups is 2. The Morgan fingerprint density at radius 2 is 2.00 bits per heavy atom. The van der Waals surface area contributed by atoms with Crippen LogP contribution in [0.15, 0.2) is 30.3 Å². The first-order chi connectivity index (χ1) is 7.33. The van der Waals surface area contributed by atoms with Crippen LogP contribution in [-0.4, -0.2) is 19.2 Å². The Morgan fingerprint density at radius 1 is 1.27 bits per heavy atom. The van der Waals surface area contributed by atoms with Crippen molar-refractivity contribution < 1.29 is 19.1 Å². The van der Waals surface area contributed by atoms with Crippen LogP contribution in [0, 0.1) is 0 Å². The van der Waals surface area contributed by atoms with Gasteiger partial charge in [-0.15, -0.1) is 0 Å². The fourth-order valence-electron chi connectivity index (χ4n) is 1.09. The van der Waals surface area contributed by atoms with Crippen LogP contribution in [0.2, 0.25) is 0 Å². The van der Waals surface area contributed by atoms with Gasteiger partial charge < -0.3 is 9.47 Å². The molecule has 0 radical (unpaired) electrons. The molecule has 0 unspecified atom stereocenters. The van der Waals surface area contributed by atoms with E-state index in [1.807, 2.05) is 30.3 Å². The maximum Gasteiger partial charge on any atom is 0.308 e. The Morgan fingerprint density at radius 3 is 2.67 bits per heavy atom. The van der Waals surface area contributed by atoms with Crippen molar-refractivity contribution >= 4 is 12.4 Å². The number of carbonyl (C=O) groups excluding carboxylic acids is 2. The monoisotopic (exact) mass is 208 g/mol. The number of hydrogen-bond acceptors (Lipinski definition) is 4. The SMILES string of the molecule is O=COCOC(=O)CCc1ccccc1. The predicted molar refractivity (Wildman–Crippen MR) is 52.9 cm³/mol. The maximum absolute atomic E-state index is 11.1. The summed E-state index contributed by atoms with van der Waals surface area (Å²) in [4.78, 5) is 20.8. The minimum atomic E-state index is -0.374. The lowest BCUT2D eigenvalue weighted by Gasteiger charge is -2.02. The topological polar surface area (TPSA) is 52.6 Å². The summed E-state index contributed by atoms with van der Waals surface area (Å²) in [6.45, 7) is -0.0679. The van der Waals surface area contributed by atoms with Gasteiger partial charge in [0.05, 0.1) is 0 Å². The van der Waals surface area contributed by atoms with E-state index in [0.29, 0.717) is 6.42 Å². The van der Waals surface area contributed by atoms with Crippen molar-refractivity contribution in [2.24, 2.45) is 0 Å². The first-order valence-electron chi connectivity index (χ1n) is 4.57. The first kappa shape index (κ1) is 11.2. The van der Waals surface area contributed by atoms with E-state index in [2.05, 4.69) is 9.47 Å². The molecule has 0 N–H and O–H groups in total. The van der Waals surface area contributed by atoms with Gasteiger partial charge in [0.25, 0.3) is 6.47 Å². The number of benzene rings is 1. The highest BCUT2D eigenvalue weighted by molar-refractivity contribution is 5.69. The van der Waals surface area contributed by atoms with E-state index in [4.69, 9.17) is 0 Å². The molecule has 4 nitrogen and oxygen atoms in total. The van der Waals surface area contributed by atoms with Gasteiger partial charge >= 0.3 is 5.97 Å². The molecule has 1 rings (SSSR count).